The summed E-state index contributed by atoms with van der Waals surface area (Å²) < 4.78 is 0. The number of hydrogen-bond donors (Lipinski definition) is 1. The van der Waals surface area contributed by atoms with Gasteiger partial charge in [-0.05, 0) is 62.7 Å². The summed E-state index contributed by atoms with van der Waals surface area (Å²) in [4.78, 5) is 21.0. The van der Waals surface area contributed by atoms with Crippen LogP contribution >= 0.6 is 0 Å². The Bertz CT molecular complexity index is 796. The molecule has 0 saturated carbocycles. The highest BCUT2D eigenvalue weighted by molar-refractivity contribution is 5.97. The molecule has 0 radical (unpaired) electrons. The number of fused-ring (bicyclic) bond motifs is 2. The van der Waals surface area contributed by atoms with Gasteiger partial charge in [-0.25, -0.2) is 4.98 Å². The lowest BCUT2D eigenvalue weighted by Crippen LogP contribution is -2.30. The number of anilines is 3. The molecule has 2 aliphatic heterocycles. The Hall–Kier alpha value is -2.40. The minimum atomic E-state index is 0.0558. The zero-order valence-electron chi connectivity index (χ0n) is 14.8. The highest BCUT2D eigenvalue weighted by Gasteiger charge is 2.25. The van der Waals surface area contributed by atoms with E-state index in [-0.39, 0.29) is 5.91 Å². The van der Waals surface area contributed by atoms with E-state index in [2.05, 4.69) is 40.4 Å². The van der Waals surface area contributed by atoms with Crippen LogP contribution in [0.2, 0.25) is 0 Å². The standard InChI is InChI=1S/C20H24N4O/c1-14(25)24-13-17-4-3-9-21-20(17)22-18-6-5-16(12-19(18)24)15-7-10-23(2)11-8-15/h3-6,9,12,15H,7-8,10-11,13H2,1-2H3,(H,21,22). The van der Waals surface area contributed by atoms with Crippen LogP contribution in [0.5, 0.6) is 0 Å². The third-order valence-corrected chi connectivity index (χ3v) is 5.36. The summed E-state index contributed by atoms with van der Waals surface area (Å²) in [5, 5.41) is 3.41. The lowest BCUT2D eigenvalue weighted by atomic mass is 9.89. The molecule has 0 atom stereocenters. The number of hydrogen-bond acceptors (Lipinski definition) is 4. The summed E-state index contributed by atoms with van der Waals surface area (Å²) in [6.07, 6.45) is 4.12. The molecule has 5 nitrogen and oxygen atoms in total. The van der Waals surface area contributed by atoms with Crippen molar-refractivity contribution in [3.63, 3.8) is 0 Å². The molecule has 1 aromatic carbocycles. The fourth-order valence-electron chi connectivity index (χ4n) is 3.82. The Balaban J connectivity index is 1.72. The van der Waals surface area contributed by atoms with Gasteiger partial charge in [0.05, 0.1) is 17.9 Å². The summed E-state index contributed by atoms with van der Waals surface area (Å²) in [5.74, 6) is 1.46. The molecule has 1 saturated heterocycles. The molecule has 130 valence electrons. The van der Waals surface area contributed by atoms with Crippen LogP contribution < -0.4 is 10.2 Å². The van der Waals surface area contributed by atoms with Crippen molar-refractivity contribution in [1.82, 2.24) is 9.88 Å². The van der Waals surface area contributed by atoms with Gasteiger partial charge < -0.3 is 15.1 Å². The van der Waals surface area contributed by atoms with Gasteiger partial charge in [-0.15, -0.1) is 0 Å². The SMILES string of the molecule is CC(=O)N1Cc2cccnc2Nc2ccc(C3CCN(C)CC3)cc21. The topological polar surface area (TPSA) is 48.5 Å². The molecule has 1 aromatic heterocycles. The lowest BCUT2D eigenvalue weighted by molar-refractivity contribution is -0.116. The summed E-state index contributed by atoms with van der Waals surface area (Å²) in [6.45, 7) is 4.44. The van der Waals surface area contributed by atoms with Crippen LogP contribution in [0.15, 0.2) is 36.5 Å². The van der Waals surface area contributed by atoms with E-state index in [1.807, 2.05) is 17.0 Å². The number of nitrogens with zero attached hydrogens (tertiary/aromatic N) is 3. The largest absolute Gasteiger partial charge is 0.338 e. The molecule has 2 aliphatic rings. The van der Waals surface area contributed by atoms with Crippen molar-refractivity contribution in [2.45, 2.75) is 32.2 Å². The third kappa shape index (κ3) is 3.12. The summed E-state index contributed by atoms with van der Waals surface area (Å²) in [7, 11) is 2.18. The van der Waals surface area contributed by atoms with E-state index >= 15 is 0 Å². The Morgan fingerprint density at radius 2 is 2.04 bits per heavy atom. The van der Waals surface area contributed by atoms with Gasteiger partial charge in [0.1, 0.15) is 5.82 Å². The molecule has 0 bridgehead atoms. The van der Waals surface area contributed by atoms with E-state index in [0.29, 0.717) is 12.5 Å². The van der Waals surface area contributed by atoms with Gasteiger partial charge in [-0.3, -0.25) is 4.79 Å². The molecular formula is C20H24N4O. The number of piperidine rings is 1. The zero-order chi connectivity index (χ0) is 17.4. The van der Waals surface area contributed by atoms with Crippen molar-refractivity contribution in [1.29, 1.82) is 0 Å². The predicted octanol–water partition coefficient (Wildman–Crippen LogP) is 3.50. The zero-order valence-corrected chi connectivity index (χ0v) is 14.8. The summed E-state index contributed by atoms with van der Waals surface area (Å²) in [5.41, 5.74) is 4.28. The van der Waals surface area contributed by atoms with Crippen molar-refractivity contribution in [2.24, 2.45) is 0 Å². The predicted molar refractivity (Wildman–Crippen MR) is 100 cm³/mol. The van der Waals surface area contributed by atoms with Crippen LogP contribution in [-0.2, 0) is 11.3 Å². The van der Waals surface area contributed by atoms with E-state index < -0.39 is 0 Å². The number of rotatable bonds is 1. The molecular weight excluding hydrogens is 312 g/mol. The maximum absolute atomic E-state index is 12.3. The molecule has 4 rings (SSSR count). The molecule has 0 spiro atoms. The highest BCUT2D eigenvalue weighted by atomic mass is 16.2. The average molecular weight is 336 g/mol. The van der Waals surface area contributed by atoms with E-state index in [9.17, 15) is 4.79 Å². The van der Waals surface area contributed by atoms with Crippen LogP contribution in [-0.4, -0.2) is 35.9 Å². The van der Waals surface area contributed by atoms with Crippen molar-refractivity contribution < 1.29 is 4.79 Å². The quantitative estimate of drug-likeness (QED) is 0.866. The molecule has 1 amide bonds. The summed E-state index contributed by atoms with van der Waals surface area (Å²) in [6, 6.07) is 10.4. The Labute approximate surface area is 148 Å². The second-order valence-electron chi connectivity index (χ2n) is 7.10. The molecule has 5 heteroatoms. The first-order valence-corrected chi connectivity index (χ1v) is 8.93. The van der Waals surface area contributed by atoms with Crippen LogP contribution in [0.3, 0.4) is 0 Å². The third-order valence-electron chi connectivity index (χ3n) is 5.36. The maximum atomic E-state index is 12.3. The number of nitrogens with one attached hydrogen (secondary N) is 1. The van der Waals surface area contributed by atoms with Crippen molar-refractivity contribution in [3.8, 4) is 0 Å². The van der Waals surface area contributed by atoms with Gasteiger partial charge in [0.25, 0.3) is 0 Å². The Morgan fingerprint density at radius 3 is 2.80 bits per heavy atom. The molecule has 1 N–H and O–H groups in total. The second kappa shape index (κ2) is 6.48. The smallest absolute Gasteiger partial charge is 0.224 e. The number of likely N-dealkylation sites (tertiary alicyclic amines) is 1. The number of carbonyl (C=O) groups is 1. The lowest BCUT2D eigenvalue weighted by Gasteiger charge is -2.30. The highest BCUT2D eigenvalue weighted by Crippen LogP contribution is 2.38. The fourth-order valence-corrected chi connectivity index (χ4v) is 3.82. The van der Waals surface area contributed by atoms with Crippen molar-refractivity contribution in [2.75, 3.05) is 30.4 Å². The minimum Gasteiger partial charge on any atom is -0.338 e. The number of amides is 1. The van der Waals surface area contributed by atoms with Gasteiger partial charge in [0.2, 0.25) is 5.91 Å². The van der Waals surface area contributed by atoms with Crippen molar-refractivity contribution in [3.05, 3.63) is 47.7 Å². The monoisotopic (exact) mass is 336 g/mol. The van der Waals surface area contributed by atoms with E-state index in [0.717, 1.165) is 35.8 Å². The van der Waals surface area contributed by atoms with Crippen LogP contribution in [0.4, 0.5) is 17.2 Å². The average Bonchev–Trinajstić information content (AvgIpc) is 2.78. The first-order chi connectivity index (χ1) is 12.1. The molecule has 0 unspecified atom stereocenters. The molecule has 1 fully saturated rings. The van der Waals surface area contributed by atoms with Gasteiger partial charge in [0.15, 0.2) is 0 Å². The maximum Gasteiger partial charge on any atom is 0.224 e. The fraction of sp³-hybridized carbons (Fsp3) is 0.400. The van der Waals surface area contributed by atoms with Gasteiger partial charge in [-0.1, -0.05) is 12.1 Å². The first kappa shape index (κ1) is 16.1. The molecule has 25 heavy (non-hydrogen) atoms. The number of benzene rings is 1. The minimum absolute atomic E-state index is 0.0558. The van der Waals surface area contributed by atoms with Crippen LogP contribution in [0, 0.1) is 0 Å². The second-order valence-corrected chi connectivity index (χ2v) is 7.10. The van der Waals surface area contributed by atoms with E-state index in [4.69, 9.17) is 0 Å². The van der Waals surface area contributed by atoms with E-state index in [1.54, 1.807) is 13.1 Å². The number of pyridine rings is 1. The van der Waals surface area contributed by atoms with Gasteiger partial charge in [0, 0.05) is 18.7 Å². The normalized spacial score (nSPS) is 18.1. The molecule has 2 aromatic rings. The van der Waals surface area contributed by atoms with Gasteiger partial charge in [-0.2, -0.15) is 0 Å². The number of aromatic nitrogens is 1. The Kier molecular flexibility index (Phi) is 4.17. The Morgan fingerprint density at radius 1 is 1.24 bits per heavy atom. The molecule has 0 aliphatic carbocycles. The van der Waals surface area contributed by atoms with Gasteiger partial charge >= 0.3 is 0 Å². The first-order valence-electron chi connectivity index (χ1n) is 8.93. The summed E-state index contributed by atoms with van der Waals surface area (Å²) >= 11 is 0. The molecule has 3 heterocycles. The van der Waals surface area contributed by atoms with E-state index in [1.165, 1.54) is 18.4 Å². The number of carbonyl (C=O) groups excluding carboxylic acids is 1. The van der Waals surface area contributed by atoms with Crippen LogP contribution in [0.1, 0.15) is 36.8 Å². The van der Waals surface area contributed by atoms with Crippen LogP contribution in [0.25, 0.3) is 0 Å². The van der Waals surface area contributed by atoms with Crippen molar-refractivity contribution >= 4 is 23.1 Å².